The molecule has 0 fully saturated rings. The first kappa shape index (κ1) is 15.3. The van der Waals surface area contributed by atoms with E-state index in [1.54, 1.807) is 0 Å². The van der Waals surface area contributed by atoms with Gasteiger partial charge in [0.05, 0.1) is 0 Å². The summed E-state index contributed by atoms with van der Waals surface area (Å²) in [7, 11) is 0. The Labute approximate surface area is 83.2 Å². The zero-order valence-corrected chi connectivity index (χ0v) is 7.30. The summed E-state index contributed by atoms with van der Waals surface area (Å²) in [5.41, 5.74) is 0. The van der Waals surface area contributed by atoms with Gasteiger partial charge in [0.15, 0.2) is 0 Å². The van der Waals surface area contributed by atoms with Crippen molar-refractivity contribution in [2.75, 3.05) is 13.2 Å². The molecule has 0 heterocycles. The predicted molar refractivity (Wildman–Crippen MR) is 32.8 cm³/mol. The van der Waals surface area contributed by atoms with E-state index in [2.05, 4.69) is 4.74 Å². The van der Waals surface area contributed by atoms with E-state index in [0.717, 1.165) is 0 Å². The molecule has 0 rings (SSSR count). The third kappa shape index (κ3) is 4.06. The minimum absolute atomic E-state index is 2.21. The second kappa shape index (κ2) is 4.68. The highest BCUT2D eigenvalue weighted by Gasteiger charge is 2.58. The van der Waals surface area contributed by atoms with Crippen molar-refractivity contribution in [2.45, 2.75) is 24.4 Å². The summed E-state index contributed by atoms with van der Waals surface area (Å²) < 4.78 is 109. The molecule has 0 aromatic heterocycles. The van der Waals surface area contributed by atoms with E-state index in [0.29, 0.717) is 0 Å². The smallest absolute Gasteiger partial charge is 0.368 e. The van der Waals surface area contributed by atoms with Crippen LogP contribution in [0.2, 0.25) is 0 Å². The van der Waals surface area contributed by atoms with E-state index in [1.165, 1.54) is 0 Å². The van der Waals surface area contributed by atoms with Gasteiger partial charge in [-0.3, -0.25) is 0 Å². The Balaban J connectivity index is 4.19. The summed E-state index contributed by atoms with van der Waals surface area (Å²) in [5.74, 6) is -10.1. The Morgan fingerprint density at radius 2 is 1.25 bits per heavy atom. The number of halogens is 9. The lowest BCUT2D eigenvalue weighted by Gasteiger charge is -2.21. The average molecular weight is 264 g/mol. The van der Waals surface area contributed by atoms with Crippen molar-refractivity contribution in [3.8, 4) is 0 Å². The third-order valence-electron chi connectivity index (χ3n) is 1.31. The largest absolute Gasteiger partial charge is 0.455 e. The number of hydrogen-bond acceptors (Lipinski definition) is 1. The maximum atomic E-state index is 12.0. The number of hydrogen-bond donors (Lipinski definition) is 0. The molecular formula is C6H5F9O. The summed E-state index contributed by atoms with van der Waals surface area (Å²) in [5, 5.41) is 0. The minimum atomic E-state index is -5.98. The molecule has 0 aliphatic rings. The van der Waals surface area contributed by atoms with E-state index in [9.17, 15) is 39.5 Å². The lowest BCUT2D eigenvalue weighted by atomic mass is 10.3. The van der Waals surface area contributed by atoms with Crippen LogP contribution < -0.4 is 0 Å². The van der Waals surface area contributed by atoms with Gasteiger partial charge in [0.1, 0.15) is 13.2 Å². The Bertz CT molecular complexity index is 221. The summed E-state index contributed by atoms with van der Waals surface area (Å²) in [6.45, 7) is -4.64. The maximum absolute atomic E-state index is 12.0. The highest BCUT2D eigenvalue weighted by molar-refractivity contribution is 4.76. The van der Waals surface area contributed by atoms with Crippen molar-refractivity contribution < 1.29 is 44.3 Å². The normalized spacial score (nSPS) is 14.6. The van der Waals surface area contributed by atoms with Crippen molar-refractivity contribution in [2.24, 2.45) is 0 Å². The van der Waals surface area contributed by atoms with E-state index >= 15 is 0 Å². The standard InChI is InChI=1S/C6H5F9O/c7-3(8)4(9,10)1-16-2-5(11,12)6(13,14)15/h3H,1-2H2. The SMILES string of the molecule is FC(F)C(F)(F)COCC(F)(F)C(F)(F)F. The van der Waals surface area contributed by atoms with Crippen molar-refractivity contribution in [1.29, 1.82) is 0 Å². The van der Waals surface area contributed by atoms with Crippen LogP contribution in [0.3, 0.4) is 0 Å². The molecule has 0 bridgehead atoms. The molecule has 1 nitrogen and oxygen atoms in total. The van der Waals surface area contributed by atoms with Crippen LogP contribution in [0.5, 0.6) is 0 Å². The Morgan fingerprint density at radius 3 is 1.56 bits per heavy atom. The number of alkyl halides is 9. The van der Waals surface area contributed by atoms with Crippen LogP contribution in [0.4, 0.5) is 39.5 Å². The number of rotatable bonds is 5. The zero-order chi connectivity index (χ0) is 13.2. The fraction of sp³-hybridized carbons (Fsp3) is 1.00. The second-order valence-electron chi connectivity index (χ2n) is 2.76. The molecule has 0 N–H and O–H groups in total. The van der Waals surface area contributed by atoms with Gasteiger partial charge in [-0.15, -0.1) is 0 Å². The molecule has 16 heavy (non-hydrogen) atoms. The van der Waals surface area contributed by atoms with Gasteiger partial charge < -0.3 is 4.74 Å². The summed E-state index contributed by atoms with van der Waals surface area (Å²) in [6, 6.07) is 0. The van der Waals surface area contributed by atoms with E-state index in [4.69, 9.17) is 0 Å². The second-order valence-corrected chi connectivity index (χ2v) is 2.76. The van der Waals surface area contributed by atoms with Gasteiger partial charge in [-0.2, -0.15) is 30.7 Å². The first-order chi connectivity index (χ1) is 6.90. The van der Waals surface area contributed by atoms with E-state index in [1.807, 2.05) is 0 Å². The summed E-state index contributed by atoms with van der Waals surface area (Å²) in [6.07, 6.45) is -10.2. The molecular weight excluding hydrogens is 259 g/mol. The topological polar surface area (TPSA) is 9.23 Å². The molecule has 0 unspecified atom stereocenters. The van der Waals surface area contributed by atoms with Crippen LogP contribution in [-0.2, 0) is 4.74 Å². The average Bonchev–Trinajstić information content (AvgIpc) is 2.00. The summed E-state index contributed by atoms with van der Waals surface area (Å²) in [4.78, 5) is 0. The van der Waals surface area contributed by atoms with Crippen LogP contribution in [0.25, 0.3) is 0 Å². The molecule has 0 aromatic rings. The number of ether oxygens (including phenoxy) is 1. The minimum Gasteiger partial charge on any atom is -0.368 e. The van der Waals surface area contributed by atoms with Crippen molar-refractivity contribution >= 4 is 0 Å². The molecule has 0 amide bonds. The van der Waals surface area contributed by atoms with Crippen molar-refractivity contribution in [3.63, 3.8) is 0 Å². The first-order valence-electron chi connectivity index (χ1n) is 3.58. The molecule has 10 heteroatoms. The van der Waals surface area contributed by atoms with Crippen LogP contribution in [-0.4, -0.2) is 37.7 Å². The quantitative estimate of drug-likeness (QED) is 0.693. The first-order valence-corrected chi connectivity index (χ1v) is 3.58. The molecule has 0 atom stereocenters. The highest BCUT2D eigenvalue weighted by Crippen LogP contribution is 2.36. The van der Waals surface area contributed by atoms with Crippen LogP contribution in [0, 0.1) is 0 Å². The van der Waals surface area contributed by atoms with Gasteiger partial charge in [-0.05, 0) is 0 Å². The zero-order valence-electron chi connectivity index (χ0n) is 7.30. The van der Waals surface area contributed by atoms with Gasteiger partial charge in [0.25, 0.3) is 0 Å². The lowest BCUT2D eigenvalue weighted by molar-refractivity contribution is -0.302. The Morgan fingerprint density at radius 1 is 0.812 bits per heavy atom. The third-order valence-corrected chi connectivity index (χ3v) is 1.31. The van der Waals surface area contributed by atoms with Crippen molar-refractivity contribution in [3.05, 3.63) is 0 Å². The molecule has 0 saturated heterocycles. The summed E-state index contributed by atoms with van der Waals surface area (Å²) >= 11 is 0. The predicted octanol–water partition coefficient (Wildman–Crippen LogP) is 3.10. The van der Waals surface area contributed by atoms with Crippen LogP contribution in [0.1, 0.15) is 0 Å². The lowest BCUT2D eigenvalue weighted by Crippen LogP contribution is -2.42. The molecule has 98 valence electrons. The molecule has 0 aliphatic carbocycles. The maximum Gasteiger partial charge on any atom is 0.455 e. The van der Waals surface area contributed by atoms with Crippen LogP contribution >= 0.6 is 0 Å². The highest BCUT2D eigenvalue weighted by atomic mass is 19.4. The molecule has 0 saturated carbocycles. The fourth-order valence-corrected chi connectivity index (χ4v) is 0.460. The molecule has 0 spiro atoms. The van der Waals surface area contributed by atoms with E-state index < -0.39 is 37.7 Å². The van der Waals surface area contributed by atoms with Gasteiger partial charge >= 0.3 is 24.4 Å². The molecule has 0 aromatic carbocycles. The van der Waals surface area contributed by atoms with Gasteiger partial charge in [-0.1, -0.05) is 0 Å². The molecule has 0 aliphatic heterocycles. The van der Waals surface area contributed by atoms with Gasteiger partial charge in [0, 0.05) is 0 Å². The van der Waals surface area contributed by atoms with Crippen LogP contribution in [0.15, 0.2) is 0 Å². The van der Waals surface area contributed by atoms with Crippen molar-refractivity contribution in [1.82, 2.24) is 0 Å². The monoisotopic (exact) mass is 264 g/mol. The Kier molecular flexibility index (Phi) is 4.48. The van der Waals surface area contributed by atoms with Gasteiger partial charge in [0.2, 0.25) is 0 Å². The van der Waals surface area contributed by atoms with E-state index in [-0.39, 0.29) is 0 Å². The molecule has 0 radical (unpaired) electrons. The Hall–Kier alpha value is -0.670. The van der Waals surface area contributed by atoms with Gasteiger partial charge in [-0.25, -0.2) is 8.78 Å². The fourth-order valence-electron chi connectivity index (χ4n) is 0.460.